The quantitative estimate of drug-likeness (QED) is 0.846. The largest absolute Gasteiger partial charge is 0.396 e. The molecule has 1 rings (SSSR count). The Hall–Kier alpha value is -0.940. The summed E-state index contributed by atoms with van der Waals surface area (Å²) in [7, 11) is 0. The van der Waals surface area contributed by atoms with Crippen LogP contribution in [0.3, 0.4) is 0 Å². The molecule has 0 aromatic heterocycles. The molecule has 0 bridgehead atoms. The van der Waals surface area contributed by atoms with Crippen molar-refractivity contribution in [2.75, 3.05) is 6.61 Å². The molecule has 0 aliphatic carbocycles. The van der Waals surface area contributed by atoms with Gasteiger partial charge in [-0.25, -0.2) is 4.39 Å². The minimum Gasteiger partial charge on any atom is -0.396 e. The Balaban J connectivity index is 2.51. The minimum absolute atomic E-state index is 0.0140. The molecule has 0 aliphatic rings. The van der Waals surface area contributed by atoms with Crippen LogP contribution in [-0.2, 0) is 11.2 Å². The third-order valence-corrected chi connectivity index (χ3v) is 3.05. The molecule has 2 N–H and O–H groups in total. The molecule has 0 spiro atoms. The molecule has 0 fully saturated rings. The number of carbonyl (C=O) groups is 1. The fraction of sp³-hybridized carbons (Fsp3) is 0.462. The minimum atomic E-state index is -0.378. The number of rotatable bonds is 6. The fourth-order valence-corrected chi connectivity index (χ4v) is 2.06. The van der Waals surface area contributed by atoms with Crippen molar-refractivity contribution in [3.05, 3.63) is 34.1 Å². The van der Waals surface area contributed by atoms with Gasteiger partial charge in [0.25, 0.3) is 0 Å². The summed E-state index contributed by atoms with van der Waals surface area (Å²) in [4.78, 5) is 11.7. The van der Waals surface area contributed by atoms with Crippen LogP contribution in [0.15, 0.2) is 22.7 Å². The summed E-state index contributed by atoms with van der Waals surface area (Å²) in [5.74, 6) is -0.589. The summed E-state index contributed by atoms with van der Waals surface area (Å²) in [5, 5.41) is 11.5. The second-order valence-electron chi connectivity index (χ2n) is 4.25. The number of hydrogen-bond donors (Lipinski definition) is 2. The van der Waals surface area contributed by atoms with Gasteiger partial charge < -0.3 is 10.4 Å². The van der Waals surface area contributed by atoms with Gasteiger partial charge >= 0.3 is 0 Å². The lowest BCUT2D eigenvalue weighted by molar-refractivity contribution is -0.121. The van der Waals surface area contributed by atoms with Crippen molar-refractivity contribution in [1.82, 2.24) is 5.32 Å². The van der Waals surface area contributed by atoms with Crippen LogP contribution in [-0.4, -0.2) is 23.7 Å². The number of hydrogen-bond acceptors (Lipinski definition) is 2. The van der Waals surface area contributed by atoms with Gasteiger partial charge in [0, 0.05) is 17.1 Å². The summed E-state index contributed by atoms with van der Waals surface area (Å²) < 4.78 is 14.2. The Bertz CT molecular complexity index is 412. The lowest BCUT2D eigenvalue weighted by Gasteiger charge is -2.13. The molecule has 100 valence electrons. The van der Waals surface area contributed by atoms with Gasteiger partial charge in [-0.2, -0.15) is 0 Å². The van der Waals surface area contributed by atoms with E-state index in [4.69, 9.17) is 5.11 Å². The fourth-order valence-electron chi connectivity index (χ4n) is 1.65. The molecule has 1 amide bonds. The van der Waals surface area contributed by atoms with Crippen molar-refractivity contribution in [1.29, 1.82) is 0 Å². The number of carbonyl (C=O) groups excluding carboxylic acids is 1. The second kappa shape index (κ2) is 7.48. The Kier molecular flexibility index (Phi) is 6.29. The smallest absolute Gasteiger partial charge is 0.224 e. The van der Waals surface area contributed by atoms with Crippen LogP contribution >= 0.6 is 15.9 Å². The first-order valence-corrected chi connectivity index (χ1v) is 6.66. The predicted molar refractivity (Wildman–Crippen MR) is 71.7 cm³/mol. The zero-order valence-corrected chi connectivity index (χ0v) is 11.8. The Morgan fingerprint density at radius 3 is 2.94 bits per heavy atom. The molecule has 0 radical (unpaired) electrons. The van der Waals surface area contributed by atoms with Crippen molar-refractivity contribution in [3.63, 3.8) is 0 Å². The molecule has 1 atom stereocenters. The highest BCUT2D eigenvalue weighted by Gasteiger charge is 2.11. The van der Waals surface area contributed by atoms with Crippen molar-refractivity contribution in [3.8, 4) is 0 Å². The van der Waals surface area contributed by atoms with Gasteiger partial charge in [0.15, 0.2) is 0 Å². The maximum atomic E-state index is 13.4. The van der Waals surface area contributed by atoms with Crippen LogP contribution < -0.4 is 5.32 Å². The van der Waals surface area contributed by atoms with Gasteiger partial charge in [0.2, 0.25) is 5.91 Å². The lowest BCUT2D eigenvalue weighted by atomic mass is 10.1. The van der Waals surface area contributed by atoms with Crippen molar-refractivity contribution >= 4 is 21.8 Å². The summed E-state index contributed by atoms with van der Waals surface area (Å²) in [6, 6.07) is 4.52. The molecule has 1 aromatic carbocycles. The molecule has 0 saturated heterocycles. The maximum absolute atomic E-state index is 13.4. The zero-order chi connectivity index (χ0) is 13.5. The average molecular weight is 318 g/mol. The SMILES string of the molecule is CC(CCCO)NC(=O)Cc1cc(Br)ccc1F. The van der Waals surface area contributed by atoms with E-state index in [9.17, 15) is 9.18 Å². The molecule has 1 unspecified atom stereocenters. The normalized spacial score (nSPS) is 12.2. The van der Waals surface area contributed by atoms with Gasteiger partial charge in [-0.3, -0.25) is 4.79 Å². The molecule has 1 aromatic rings. The second-order valence-corrected chi connectivity index (χ2v) is 5.16. The van der Waals surface area contributed by atoms with E-state index in [2.05, 4.69) is 21.2 Å². The number of benzene rings is 1. The predicted octanol–water partition coefficient (Wildman–Crippen LogP) is 2.41. The third-order valence-electron chi connectivity index (χ3n) is 2.56. The zero-order valence-electron chi connectivity index (χ0n) is 10.2. The first kappa shape index (κ1) is 15.1. The molecule has 3 nitrogen and oxygen atoms in total. The highest BCUT2D eigenvalue weighted by atomic mass is 79.9. The molecule has 5 heteroatoms. The van der Waals surface area contributed by atoms with E-state index in [1.807, 2.05) is 6.92 Å². The van der Waals surface area contributed by atoms with Crippen molar-refractivity contribution < 1.29 is 14.3 Å². The van der Waals surface area contributed by atoms with Crippen LogP contribution in [0.25, 0.3) is 0 Å². The molecule has 0 saturated carbocycles. The van der Waals surface area contributed by atoms with Gasteiger partial charge in [-0.15, -0.1) is 0 Å². The number of aliphatic hydroxyl groups is 1. The van der Waals surface area contributed by atoms with Gasteiger partial charge in [0.1, 0.15) is 5.82 Å². The molecular weight excluding hydrogens is 301 g/mol. The van der Waals surface area contributed by atoms with Gasteiger partial charge in [-0.05, 0) is 43.5 Å². The Morgan fingerprint density at radius 1 is 1.56 bits per heavy atom. The maximum Gasteiger partial charge on any atom is 0.224 e. The lowest BCUT2D eigenvalue weighted by Crippen LogP contribution is -2.34. The van der Waals surface area contributed by atoms with E-state index < -0.39 is 0 Å². The van der Waals surface area contributed by atoms with Gasteiger partial charge in [-0.1, -0.05) is 15.9 Å². The van der Waals surface area contributed by atoms with Crippen molar-refractivity contribution in [2.45, 2.75) is 32.2 Å². The highest BCUT2D eigenvalue weighted by molar-refractivity contribution is 9.10. The van der Waals surface area contributed by atoms with E-state index in [1.54, 1.807) is 12.1 Å². The number of halogens is 2. The first-order chi connectivity index (χ1) is 8.52. The Morgan fingerprint density at radius 2 is 2.28 bits per heavy atom. The van der Waals surface area contributed by atoms with Crippen LogP contribution in [0.4, 0.5) is 4.39 Å². The van der Waals surface area contributed by atoms with Crippen LogP contribution in [0.1, 0.15) is 25.3 Å². The first-order valence-electron chi connectivity index (χ1n) is 5.87. The molecule has 0 heterocycles. The van der Waals surface area contributed by atoms with Crippen molar-refractivity contribution in [2.24, 2.45) is 0 Å². The summed E-state index contributed by atoms with van der Waals surface area (Å²) in [6.45, 7) is 1.98. The monoisotopic (exact) mass is 317 g/mol. The van der Waals surface area contributed by atoms with E-state index >= 15 is 0 Å². The molecule has 18 heavy (non-hydrogen) atoms. The molecular formula is C13H17BrFNO2. The van der Waals surface area contributed by atoms with Gasteiger partial charge in [0.05, 0.1) is 6.42 Å². The van der Waals surface area contributed by atoms with E-state index in [-0.39, 0.29) is 30.8 Å². The summed E-state index contributed by atoms with van der Waals surface area (Å²) in [6.07, 6.45) is 1.38. The van der Waals surface area contributed by atoms with Crippen LogP contribution in [0.2, 0.25) is 0 Å². The van der Waals surface area contributed by atoms with E-state index in [1.165, 1.54) is 6.07 Å². The highest BCUT2D eigenvalue weighted by Crippen LogP contribution is 2.16. The summed E-state index contributed by atoms with van der Waals surface area (Å²) >= 11 is 3.25. The number of nitrogens with one attached hydrogen (secondary N) is 1. The number of aliphatic hydroxyl groups excluding tert-OH is 1. The van der Waals surface area contributed by atoms with E-state index in [0.29, 0.717) is 18.4 Å². The summed E-state index contributed by atoms with van der Waals surface area (Å²) in [5.41, 5.74) is 0.372. The molecule has 0 aliphatic heterocycles. The Labute approximate surface area is 115 Å². The van der Waals surface area contributed by atoms with Crippen LogP contribution in [0.5, 0.6) is 0 Å². The number of amides is 1. The van der Waals surface area contributed by atoms with E-state index in [0.717, 1.165) is 4.47 Å². The third kappa shape index (κ3) is 5.14. The van der Waals surface area contributed by atoms with Crippen LogP contribution in [0, 0.1) is 5.82 Å². The average Bonchev–Trinajstić information content (AvgIpc) is 2.31. The standard InChI is InChI=1S/C13H17BrFNO2/c1-9(3-2-6-17)16-13(18)8-10-7-11(14)4-5-12(10)15/h4-5,7,9,17H,2-3,6,8H2,1H3,(H,16,18). The topological polar surface area (TPSA) is 49.3 Å².